The van der Waals surface area contributed by atoms with Gasteiger partial charge in [-0.25, -0.2) is 4.98 Å². The van der Waals surface area contributed by atoms with Gasteiger partial charge in [0.2, 0.25) is 0 Å². The number of fused-ring (bicyclic) bond motifs is 1. The molecular formula is C13H14N2O. The van der Waals surface area contributed by atoms with E-state index in [1.807, 2.05) is 24.3 Å². The van der Waals surface area contributed by atoms with Gasteiger partial charge in [0.05, 0.1) is 24.4 Å². The third-order valence-electron chi connectivity index (χ3n) is 2.32. The molecule has 0 radical (unpaired) electrons. The van der Waals surface area contributed by atoms with E-state index in [0.29, 0.717) is 6.54 Å². The van der Waals surface area contributed by atoms with E-state index in [2.05, 4.69) is 23.0 Å². The molecule has 0 spiro atoms. The molecule has 0 aliphatic heterocycles. The van der Waals surface area contributed by atoms with E-state index in [4.69, 9.17) is 5.11 Å². The van der Waals surface area contributed by atoms with Crippen molar-refractivity contribution in [2.45, 2.75) is 6.92 Å². The molecule has 0 aliphatic rings. The summed E-state index contributed by atoms with van der Waals surface area (Å²) in [6.07, 6.45) is 1.69. The number of pyridine rings is 1. The lowest BCUT2D eigenvalue weighted by molar-refractivity contribution is 0.307. The van der Waals surface area contributed by atoms with Crippen LogP contribution in [0.25, 0.3) is 10.9 Å². The first-order chi connectivity index (χ1) is 7.79. The number of aryl methyl sites for hydroxylation is 1. The molecule has 3 heteroatoms. The molecule has 82 valence electrons. The fourth-order valence-corrected chi connectivity index (χ4v) is 1.55. The van der Waals surface area contributed by atoms with Crippen LogP contribution in [0.2, 0.25) is 0 Å². The number of aromatic nitrogens is 1. The summed E-state index contributed by atoms with van der Waals surface area (Å²) in [4.78, 5) is 8.50. The summed E-state index contributed by atoms with van der Waals surface area (Å²) in [5.74, 6) is 0. The Balaban J connectivity index is 2.33. The number of nitrogens with zero attached hydrogens (tertiary/aromatic N) is 2. The van der Waals surface area contributed by atoms with Gasteiger partial charge >= 0.3 is 0 Å². The Kier molecular flexibility index (Phi) is 3.27. The number of hydrogen-bond donors (Lipinski definition) is 1. The monoisotopic (exact) mass is 214 g/mol. The van der Waals surface area contributed by atoms with Gasteiger partial charge in [0.1, 0.15) is 0 Å². The average Bonchev–Trinajstić information content (AvgIpc) is 2.29. The Hall–Kier alpha value is -1.74. The third kappa shape index (κ3) is 2.44. The van der Waals surface area contributed by atoms with Crippen LogP contribution in [0.5, 0.6) is 0 Å². The number of aliphatic hydroxyl groups is 1. The molecule has 1 heterocycles. The third-order valence-corrected chi connectivity index (χ3v) is 2.32. The molecule has 0 amide bonds. The molecule has 0 unspecified atom stereocenters. The number of rotatable bonds is 3. The predicted octanol–water partition coefficient (Wildman–Crippen LogP) is 1.95. The zero-order chi connectivity index (χ0) is 11.4. The molecule has 2 aromatic rings. The first-order valence-electron chi connectivity index (χ1n) is 5.28. The first-order valence-corrected chi connectivity index (χ1v) is 5.28. The highest BCUT2D eigenvalue weighted by atomic mass is 16.3. The van der Waals surface area contributed by atoms with E-state index in [-0.39, 0.29) is 6.61 Å². The molecule has 2 rings (SSSR count). The minimum Gasteiger partial charge on any atom is -0.394 e. The highest BCUT2D eigenvalue weighted by Crippen LogP contribution is 2.13. The van der Waals surface area contributed by atoms with Crippen LogP contribution in [-0.4, -0.2) is 29.5 Å². The van der Waals surface area contributed by atoms with Gasteiger partial charge in [-0.2, -0.15) is 0 Å². The van der Waals surface area contributed by atoms with Crippen LogP contribution in [0.3, 0.4) is 0 Å². The first kappa shape index (κ1) is 10.8. The number of hydrogen-bond acceptors (Lipinski definition) is 3. The van der Waals surface area contributed by atoms with E-state index in [9.17, 15) is 0 Å². The van der Waals surface area contributed by atoms with Crippen molar-refractivity contribution in [1.29, 1.82) is 0 Å². The van der Waals surface area contributed by atoms with Gasteiger partial charge in [0, 0.05) is 11.6 Å². The van der Waals surface area contributed by atoms with Gasteiger partial charge in [0.15, 0.2) is 0 Å². The Morgan fingerprint density at radius 1 is 1.31 bits per heavy atom. The molecule has 1 aromatic carbocycles. The van der Waals surface area contributed by atoms with Crippen LogP contribution in [0.1, 0.15) is 11.3 Å². The molecule has 0 saturated carbocycles. The minimum absolute atomic E-state index is 0.0727. The van der Waals surface area contributed by atoms with Crippen LogP contribution < -0.4 is 0 Å². The van der Waals surface area contributed by atoms with Gasteiger partial charge in [0.25, 0.3) is 0 Å². The summed E-state index contributed by atoms with van der Waals surface area (Å²) in [5, 5.41) is 9.75. The van der Waals surface area contributed by atoms with Crippen molar-refractivity contribution in [3.63, 3.8) is 0 Å². The van der Waals surface area contributed by atoms with Crippen molar-refractivity contribution >= 4 is 17.1 Å². The predicted molar refractivity (Wildman–Crippen MR) is 66.0 cm³/mol. The van der Waals surface area contributed by atoms with Gasteiger partial charge in [-0.3, -0.25) is 4.99 Å². The zero-order valence-electron chi connectivity index (χ0n) is 9.22. The molecule has 1 N–H and O–H groups in total. The summed E-state index contributed by atoms with van der Waals surface area (Å²) in [6, 6.07) is 10.1. The fraction of sp³-hybridized carbons (Fsp3) is 0.231. The van der Waals surface area contributed by atoms with Gasteiger partial charge in [-0.05, 0) is 25.1 Å². The second-order valence-corrected chi connectivity index (χ2v) is 3.69. The minimum atomic E-state index is 0.0727. The summed E-state index contributed by atoms with van der Waals surface area (Å²) < 4.78 is 0. The summed E-state index contributed by atoms with van der Waals surface area (Å²) in [5.41, 5.74) is 3.03. The lowest BCUT2D eigenvalue weighted by Gasteiger charge is -1.99. The molecule has 0 aliphatic carbocycles. The Labute approximate surface area is 94.5 Å². The van der Waals surface area contributed by atoms with E-state index in [1.54, 1.807) is 6.21 Å². The molecular weight excluding hydrogens is 200 g/mol. The zero-order valence-corrected chi connectivity index (χ0v) is 9.22. The summed E-state index contributed by atoms with van der Waals surface area (Å²) >= 11 is 0. The normalized spacial score (nSPS) is 11.4. The largest absolute Gasteiger partial charge is 0.394 e. The fourth-order valence-electron chi connectivity index (χ4n) is 1.55. The second kappa shape index (κ2) is 4.86. The van der Waals surface area contributed by atoms with Gasteiger partial charge in [-0.15, -0.1) is 0 Å². The summed E-state index contributed by atoms with van der Waals surface area (Å²) in [6.45, 7) is 2.56. The van der Waals surface area contributed by atoms with E-state index >= 15 is 0 Å². The van der Waals surface area contributed by atoms with Crippen molar-refractivity contribution < 1.29 is 5.11 Å². The molecule has 0 bridgehead atoms. The molecule has 16 heavy (non-hydrogen) atoms. The van der Waals surface area contributed by atoms with Crippen LogP contribution in [0.15, 0.2) is 35.3 Å². The molecule has 1 aromatic heterocycles. The molecule has 0 saturated heterocycles. The van der Waals surface area contributed by atoms with Crippen molar-refractivity contribution in [2.24, 2.45) is 4.99 Å². The van der Waals surface area contributed by atoms with Gasteiger partial charge in [-0.1, -0.05) is 17.7 Å². The van der Waals surface area contributed by atoms with E-state index in [1.165, 1.54) is 5.56 Å². The van der Waals surface area contributed by atoms with E-state index < -0.39 is 0 Å². The Morgan fingerprint density at radius 3 is 3.00 bits per heavy atom. The van der Waals surface area contributed by atoms with Crippen LogP contribution in [-0.2, 0) is 0 Å². The number of aliphatic hydroxyl groups excluding tert-OH is 1. The van der Waals surface area contributed by atoms with Crippen molar-refractivity contribution in [2.75, 3.05) is 13.2 Å². The maximum absolute atomic E-state index is 8.61. The van der Waals surface area contributed by atoms with Gasteiger partial charge < -0.3 is 5.11 Å². The topological polar surface area (TPSA) is 45.5 Å². The molecule has 0 fully saturated rings. The van der Waals surface area contributed by atoms with E-state index in [0.717, 1.165) is 16.6 Å². The lowest BCUT2D eigenvalue weighted by atomic mass is 10.1. The number of aliphatic imine (C=N–C) groups is 1. The summed E-state index contributed by atoms with van der Waals surface area (Å²) in [7, 11) is 0. The quantitative estimate of drug-likeness (QED) is 0.794. The Morgan fingerprint density at radius 2 is 2.19 bits per heavy atom. The van der Waals surface area contributed by atoms with Crippen molar-refractivity contribution in [1.82, 2.24) is 4.98 Å². The SMILES string of the molecule is Cc1ccc2nc(C=NCCO)ccc2c1. The highest BCUT2D eigenvalue weighted by Gasteiger charge is 1.96. The second-order valence-electron chi connectivity index (χ2n) is 3.69. The molecule has 3 nitrogen and oxygen atoms in total. The molecule has 0 atom stereocenters. The maximum Gasteiger partial charge on any atom is 0.0815 e. The lowest BCUT2D eigenvalue weighted by Crippen LogP contribution is -1.92. The van der Waals surface area contributed by atoms with Crippen LogP contribution in [0, 0.1) is 6.92 Å². The average molecular weight is 214 g/mol. The van der Waals surface area contributed by atoms with Crippen molar-refractivity contribution in [3.8, 4) is 0 Å². The Bertz CT molecular complexity index is 520. The van der Waals surface area contributed by atoms with Crippen LogP contribution >= 0.6 is 0 Å². The standard InChI is InChI=1S/C13H14N2O/c1-10-2-5-13-11(8-10)3-4-12(15-13)9-14-6-7-16/h2-5,8-9,16H,6-7H2,1H3. The maximum atomic E-state index is 8.61. The highest BCUT2D eigenvalue weighted by molar-refractivity contribution is 5.85. The number of benzene rings is 1. The van der Waals surface area contributed by atoms with Crippen molar-refractivity contribution in [3.05, 3.63) is 41.6 Å². The smallest absolute Gasteiger partial charge is 0.0815 e. The van der Waals surface area contributed by atoms with Crippen LogP contribution in [0.4, 0.5) is 0 Å².